The van der Waals surface area contributed by atoms with Crippen LogP contribution in [0.5, 0.6) is 0 Å². The number of carbonyl (C=O) groups is 1. The lowest BCUT2D eigenvalue weighted by Gasteiger charge is -2.18. The average molecular weight is 242 g/mol. The molecule has 0 unspecified atom stereocenters. The minimum absolute atomic E-state index is 0.0983. The van der Waals surface area contributed by atoms with Crippen LogP contribution in [-0.4, -0.2) is 13.0 Å². The highest BCUT2D eigenvalue weighted by atomic mass is 16.1. The molecule has 0 bridgehead atoms. The van der Waals surface area contributed by atoms with Crippen LogP contribution in [0.25, 0.3) is 6.08 Å². The molecule has 1 rings (SSSR count). The van der Waals surface area contributed by atoms with Crippen molar-refractivity contribution in [2.24, 2.45) is 0 Å². The summed E-state index contributed by atoms with van der Waals surface area (Å²) < 4.78 is 0. The van der Waals surface area contributed by atoms with Crippen LogP contribution < -0.4 is 5.32 Å². The summed E-state index contributed by atoms with van der Waals surface area (Å²) in [5.74, 6) is -0.364. The number of amides is 1. The number of nitriles is 1. The Morgan fingerprint density at radius 2 is 1.83 bits per heavy atom. The fraction of sp³-hybridized carbons (Fsp3) is 0.333. The smallest absolute Gasteiger partial charge is 0.261 e. The maximum Gasteiger partial charge on any atom is 0.261 e. The van der Waals surface area contributed by atoms with E-state index in [0.29, 0.717) is 0 Å². The number of benzene rings is 1. The Balaban J connectivity index is 3.03. The Hall–Kier alpha value is -2.08. The average Bonchev–Trinajstić information content (AvgIpc) is 2.34. The Bertz CT molecular complexity index is 499. The molecular weight excluding hydrogens is 224 g/mol. The van der Waals surface area contributed by atoms with Crippen molar-refractivity contribution >= 4 is 12.0 Å². The van der Waals surface area contributed by atoms with Crippen LogP contribution in [0.2, 0.25) is 0 Å². The highest BCUT2D eigenvalue weighted by Gasteiger charge is 2.13. The van der Waals surface area contributed by atoms with E-state index in [0.717, 1.165) is 5.56 Å². The largest absolute Gasteiger partial charge is 0.354 e. The topological polar surface area (TPSA) is 52.9 Å². The van der Waals surface area contributed by atoms with E-state index in [9.17, 15) is 4.79 Å². The van der Waals surface area contributed by atoms with Crippen LogP contribution >= 0.6 is 0 Å². The van der Waals surface area contributed by atoms with E-state index in [1.807, 2.05) is 30.3 Å². The second-order valence-corrected chi connectivity index (χ2v) is 5.12. The summed E-state index contributed by atoms with van der Waals surface area (Å²) in [5, 5.41) is 11.3. The molecule has 1 aromatic rings. The van der Waals surface area contributed by atoms with Crippen molar-refractivity contribution in [2.45, 2.75) is 26.2 Å². The van der Waals surface area contributed by atoms with Crippen LogP contribution in [0.3, 0.4) is 0 Å². The highest BCUT2D eigenvalue weighted by Crippen LogP contribution is 2.22. The molecule has 3 heteroatoms. The van der Waals surface area contributed by atoms with Crippen molar-refractivity contribution in [3.8, 4) is 6.07 Å². The van der Waals surface area contributed by atoms with Gasteiger partial charge in [-0.2, -0.15) is 5.26 Å². The van der Waals surface area contributed by atoms with Gasteiger partial charge in [0, 0.05) is 7.05 Å². The lowest BCUT2D eigenvalue weighted by molar-refractivity contribution is -0.116. The van der Waals surface area contributed by atoms with Gasteiger partial charge >= 0.3 is 0 Å². The summed E-state index contributed by atoms with van der Waals surface area (Å²) >= 11 is 0. The molecule has 1 N–H and O–H groups in total. The first-order chi connectivity index (χ1) is 8.38. The van der Waals surface area contributed by atoms with Gasteiger partial charge in [0.15, 0.2) is 0 Å². The van der Waals surface area contributed by atoms with E-state index in [-0.39, 0.29) is 16.9 Å². The summed E-state index contributed by atoms with van der Waals surface area (Å²) in [7, 11) is 1.51. The first-order valence-electron chi connectivity index (χ1n) is 5.83. The molecule has 0 saturated carbocycles. The van der Waals surface area contributed by atoms with Crippen LogP contribution in [0.15, 0.2) is 29.8 Å². The molecule has 1 amide bonds. The number of likely N-dealkylation sites (N-methyl/N-ethyl adjacent to an activating group) is 1. The predicted molar refractivity (Wildman–Crippen MR) is 72.8 cm³/mol. The van der Waals surface area contributed by atoms with E-state index < -0.39 is 0 Å². The Morgan fingerprint density at radius 3 is 2.22 bits per heavy atom. The van der Waals surface area contributed by atoms with Gasteiger partial charge in [0.25, 0.3) is 5.91 Å². The van der Waals surface area contributed by atoms with Crippen LogP contribution in [0.4, 0.5) is 0 Å². The normalized spacial score (nSPS) is 11.8. The molecule has 18 heavy (non-hydrogen) atoms. The van der Waals surface area contributed by atoms with Gasteiger partial charge in [-0.25, -0.2) is 0 Å². The van der Waals surface area contributed by atoms with E-state index in [4.69, 9.17) is 5.26 Å². The molecular formula is C15H18N2O. The fourth-order valence-electron chi connectivity index (χ4n) is 1.53. The summed E-state index contributed by atoms with van der Waals surface area (Å²) in [4.78, 5) is 11.4. The number of rotatable bonds is 2. The van der Waals surface area contributed by atoms with Crippen molar-refractivity contribution in [1.29, 1.82) is 5.26 Å². The Labute approximate surface area is 108 Å². The maximum absolute atomic E-state index is 11.4. The molecule has 3 nitrogen and oxygen atoms in total. The van der Waals surface area contributed by atoms with E-state index in [1.165, 1.54) is 12.6 Å². The molecule has 0 fully saturated rings. The fourth-order valence-corrected chi connectivity index (χ4v) is 1.53. The molecule has 0 radical (unpaired) electrons. The lowest BCUT2D eigenvalue weighted by atomic mass is 9.86. The molecule has 0 heterocycles. The van der Waals surface area contributed by atoms with E-state index in [2.05, 4.69) is 26.1 Å². The number of hydrogen-bond donors (Lipinski definition) is 1. The lowest BCUT2D eigenvalue weighted by Crippen LogP contribution is -2.19. The summed E-state index contributed by atoms with van der Waals surface area (Å²) in [6.07, 6.45) is 1.59. The first-order valence-corrected chi connectivity index (χ1v) is 5.83. The van der Waals surface area contributed by atoms with Crippen molar-refractivity contribution in [2.75, 3.05) is 7.05 Å². The van der Waals surface area contributed by atoms with E-state index >= 15 is 0 Å². The van der Waals surface area contributed by atoms with Crippen molar-refractivity contribution in [3.63, 3.8) is 0 Å². The number of nitrogens with one attached hydrogen (secondary N) is 1. The molecule has 0 aliphatic carbocycles. The predicted octanol–water partition coefficient (Wildman–Crippen LogP) is 2.64. The van der Waals surface area contributed by atoms with Crippen LogP contribution in [0, 0.1) is 11.3 Å². The molecule has 0 aromatic heterocycles. The zero-order chi connectivity index (χ0) is 13.8. The van der Waals surface area contributed by atoms with Gasteiger partial charge in [-0.3, -0.25) is 4.79 Å². The van der Waals surface area contributed by atoms with Crippen LogP contribution in [-0.2, 0) is 10.2 Å². The molecule has 0 aliphatic rings. The molecule has 94 valence electrons. The SMILES string of the molecule is CNC(=O)/C(C#N)=C\c1ccc(C(C)(C)C)cc1. The summed E-state index contributed by atoms with van der Waals surface area (Å²) in [5.41, 5.74) is 2.28. The number of hydrogen-bond acceptors (Lipinski definition) is 2. The second-order valence-electron chi connectivity index (χ2n) is 5.12. The molecule has 0 atom stereocenters. The van der Waals surface area contributed by atoms with Gasteiger partial charge < -0.3 is 5.32 Å². The number of carbonyl (C=O) groups excluding carboxylic acids is 1. The first kappa shape index (κ1) is 14.0. The minimum atomic E-state index is -0.364. The van der Waals surface area contributed by atoms with Crippen LogP contribution in [0.1, 0.15) is 31.9 Å². The molecule has 0 spiro atoms. The third-order valence-electron chi connectivity index (χ3n) is 2.68. The summed E-state index contributed by atoms with van der Waals surface area (Å²) in [6, 6.07) is 9.77. The molecule has 1 aromatic carbocycles. The van der Waals surface area contributed by atoms with E-state index in [1.54, 1.807) is 6.08 Å². The standard InChI is InChI=1S/C15H18N2O/c1-15(2,3)13-7-5-11(6-8-13)9-12(10-16)14(18)17-4/h5-9H,1-4H3,(H,17,18)/b12-9-. The van der Waals surface area contributed by atoms with Crippen molar-refractivity contribution in [3.05, 3.63) is 41.0 Å². The highest BCUT2D eigenvalue weighted by molar-refractivity contribution is 6.01. The van der Waals surface area contributed by atoms with Gasteiger partial charge in [-0.05, 0) is 22.6 Å². The number of nitrogens with zero attached hydrogens (tertiary/aromatic N) is 1. The van der Waals surface area contributed by atoms with Gasteiger partial charge in [-0.15, -0.1) is 0 Å². The van der Waals surface area contributed by atoms with Gasteiger partial charge in [0.05, 0.1) is 0 Å². The van der Waals surface area contributed by atoms with Gasteiger partial charge in [0.1, 0.15) is 11.6 Å². The minimum Gasteiger partial charge on any atom is -0.354 e. The zero-order valence-electron chi connectivity index (χ0n) is 11.2. The van der Waals surface area contributed by atoms with Gasteiger partial charge in [0.2, 0.25) is 0 Å². The molecule has 0 saturated heterocycles. The second kappa shape index (κ2) is 5.50. The Morgan fingerprint density at radius 1 is 1.28 bits per heavy atom. The Kier molecular flexibility index (Phi) is 4.28. The van der Waals surface area contributed by atoms with Gasteiger partial charge in [-0.1, -0.05) is 45.0 Å². The zero-order valence-corrected chi connectivity index (χ0v) is 11.2. The van der Waals surface area contributed by atoms with Crippen molar-refractivity contribution < 1.29 is 4.79 Å². The molecule has 0 aliphatic heterocycles. The quantitative estimate of drug-likeness (QED) is 0.640. The third-order valence-corrected chi connectivity index (χ3v) is 2.68. The maximum atomic E-state index is 11.4. The summed E-state index contributed by atoms with van der Waals surface area (Å²) in [6.45, 7) is 6.43. The van der Waals surface area contributed by atoms with Crippen molar-refractivity contribution in [1.82, 2.24) is 5.32 Å². The monoisotopic (exact) mass is 242 g/mol. The third kappa shape index (κ3) is 3.46.